The highest BCUT2D eigenvalue weighted by atomic mass is 79.9. The molecule has 0 amide bonds. The average molecular weight is 328 g/mol. The van der Waals surface area contributed by atoms with Gasteiger partial charge in [0.05, 0.1) is 11.1 Å². The van der Waals surface area contributed by atoms with Gasteiger partial charge in [0.25, 0.3) is 5.89 Å². The van der Waals surface area contributed by atoms with Crippen molar-refractivity contribution in [2.45, 2.75) is 6.10 Å². The van der Waals surface area contributed by atoms with Crippen LogP contribution in [0.15, 0.2) is 27.2 Å². The number of benzene rings is 1. The van der Waals surface area contributed by atoms with Gasteiger partial charge in [-0.05, 0) is 34.1 Å². The van der Waals surface area contributed by atoms with Gasteiger partial charge in [0.2, 0.25) is 5.82 Å². The number of morpholine rings is 1. The Bertz CT molecular complexity index is 584. The first-order valence-electron chi connectivity index (χ1n) is 5.85. The molecular weight excluding hydrogens is 317 g/mol. The summed E-state index contributed by atoms with van der Waals surface area (Å²) in [7, 11) is 0. The van der Waals surface area contributed by atoms with Crippen molar-refractivity contribution in [2.24, 2.45) is 0 Å². The van der Waals surface area contributed by atoms with E-state index in [1.165, 1.54) is 6.07 Å². The molecule has 1 fully saturated rings. The lowest BCUT2D eigenvalue weighted by Gasteiger charge is -2.19. The van der Waals surface area contributed by atoms with Crippen molar-refractivity contribution in [3.05, 3.63) is 34.4 Å². The standard InChI is InChI=1S/C12H11BrFN3O2/c13-8-5-7(1-2-9(8)14)11-16-12(19-17-11)10-6-15-3-4-18-10/h1-2,5,10,15H,3-4,6H2. The quantitative estimate of drug-likeness (QED) is 0.917. The minimum absolute atomic E-state index is 0.223. The molecule has 1 aliphatic heterocycles. The maximum atomic E-state index is 13.2. The van der Waals surface area contributed by atoms with Gasteiger partial charge in [0.15, 0.2) is 0 Å². The Balaban J connectivity index is 1.85. The molecule has 1 unspecified atom stereocenters. The Hall–Kier alpha value is -1.31. The fraction of sp³-hybridized carbons (Fsp3) is 0.333. The molecule has 1 aromatic carbocycles. The second-order valence-corrected chi connectivity index (χ2v) is 5.00. The molecule has 1 aliphatic rings. The van der Waals surface area contributed by atoms with Crippen molar-refractivity contribution in [3.63, 3.8) is 0 Å². The summed E-state index contributed by atoms with van der Waals surface area (Å²) in [5.74, 6) is 0.528. The van der Waals surface area contributed by atoms with Gasteiger partial charge in [-0.2, -0.15) is 4.98 Å². The average Bonchev–Trinajstić information content (AvgIpc) is 2.93. The molecule has 19 heavy (non-hydrogen) atoms. The molecule has 1 aromatic heterocycles. The zero-order valence-electron chi connectivity index (χ0n) is 9.90. The number of rotatable bonds is 2. The van der Waals surface area contributed by atoms with Crippen LogP contribution in [0.1, 0.15) is 12.0 Å². The first-order valence-corrected chi connectivity index (χ1v) is 6.64. The summed E-state index contributed by atoms with van der Waals surface area (Å²) in [6, 6.07) is 4.58. The molecule has 1 N–H and O–H groups in total. The van der Waals surface area contributed by atoms with Crippen molar-refractivity contribution in [1.82, 2.24) is 15.5 Å². The van der Waals surface area contributed by atoms with Crippen LogP contribution in [0.5, 0.6) is 0 Å². The van der Waals surface area contributed by atoms with E-state index in [0.717, 1.165) is 6.54 Å². The van der Waals surface area contributed by atoms with E-state index in [4.69, 9.17) is 9.26 Å². The molecule has 2 heterocycles. The molecule has 5 nitrogen and oxygen atoms in total. The van der Waals surface area contributed by atoms with E-state index in [-0.39, 0.29) is 11.9 Å². The molecular formula is C12H11BrFN3O2. The molecule has 0 bridgehead atoms. The number of hydrogen-bond donors (Lipinski definition) is 1. The number of nitrogens with one attached hydrogen (secondary N) is 1. The summed E-state index contributed by atoms with van der Waals surface area (Å²) in [6.07, 6.45) is -0.223. The third-order valence-corrected chi connectivity index (χ3v) is 3.43. The lowest BCUT2D eigenvalue weighted by Crippen LogP contribution is -2.33. The Morgan fingerprint density at radius 3 is 3.05 bits per heavy atom. The van der Waals surface area contributed by atoms with Crippen LogP contribution in [-0.4, -0.2) is 29.8 Å². The minimum atomic E-state index is -0.327. The lowest BCUT2D eigenvalue weighted by molar-refractivity contribution is 0.00755. The second kappa shape index (κ2) is 5.36. The van der Waals surface area contributed by atoms with Crippen molar-refractivity contribution >= 4 is 15.9 Å². The van der Waals surface area contributed by atoms with Crippen LogP contribution < -0.4 is 5.32 Å². The van der Waals surface area contributed by atoms with Crippen LogP contribution in [0, 0.1) is 5.82 Å². The highest BCUT2D eigenvalue weighted by molar-refractivity contribution is 9.10. The highest BCUT2D eigenvalue weighted by Gasteiger charge is 2.22. The number of ether oxygens (including phenoxy) is 1. The summed E-state index contributed by atoms with van der Waals surface area (Å²) in [4.78, 5) is 4.29. The normalized spacial score (nSPS) is 19.6. The van der Waals surface area contributed by atoms with Crippen LogP contribution in [0.4, 0.5) is 4.39 Å². The van der Waals surface area contributed by atoms with Crippen molar-refractivity contribution in [1.29, 1.82) is 0 Å². The van der Waals surface area contributed by atoms with Gasteiger partial charge in [0, 0.05) is 18.7 Å². The number of hydrogen-bond acceptors (Lipinski definition) is 5. The lowest BCUT2D eigenvalue weighted by atomic mass is 10.2. The van der Waals surface area contributed by atoms with E-state index >= 15 is 0 Å². The molecule has 0 spiro atoms. The summed E-state index contributed by atoms with van der Waals surface area (Å²) in [6.45, 7) is 2.08. The molecule has 0 aliphatic carbocycles. The molecule has 1 saturated heterocycles. The predicted molar refractivity (Wildman–Crippen MR) is 69.0 cm³/mol. The van der Waals surface area contributed by atoms with E-state index < -0.39 is 0 Å². The van der Waals surface area contributed by atoms with E-state index in [2.05, 4.69) is 31.4 Å². The first-order chi connectivity index (χ1) is 9.24. The van der Waals surface area contributed by atoms with E-state index in [9.17, 15) is 4.39 Å². The summed E-state index contributed by atoms with van der Waals surface area (Å²) >= 11 is 3.13. The Morgan fingerprint density at radius 1 is 1.42 bits per heavy atom. The van der Waals surface area contributed by atoms with Gasteiger partial charge < -0.3 is 14.6 Å². The number of aromatic nitrogens is 2. The zero-order chi connectivity index (χ0) is 13.2. The summed E-state index contributed by atoms with van der Waals surface area (Å²) in [5.41, 5.74) is 0.687. The molecule has 0 radical (unpaired) electrons. The van der Waals surface area contributed by atoms with E-state index in [1.807, 2.05) is 0 Å². The zero-order valence-corrected chi connectivity index (χ0v) is 11.5. The van der Waals surface area contributed by atoms with Crippen LogP contribution in [0.2, 0.25) is 0 Å². The number of halogens is 2. The van der Waals surface area contributed by atoms with Gasteiger partial charge in [-0.25, -0.2) is 4.39 Å². The van der Waals surface area contributed by atoms with Crippen molar-refractivity contribution < 1.29 is 13.7 Å². The van der Waals surface area contributed by atoms with Gasteiger partial charge in [-0.3, -0.25) is 0 Å². The van der Waals surface area contributed by atoms with Crippen molar-refractivity contribution in [3.8, 4) is 11.4 Å². The molecule has 2 aromatic rings. The molecule has 1 atom stereocenters. The molecule has 0 saturated carbocycles. The molecule has 7 heteroatoms. The monoisotopic (exact) mass is 327 g/mol. The third kappa shape index (κ3) is 2.68. The molecule has 3 rings (SSSR count). The van der Waals surface area contributed by atoms with E-state index in [0.29, 0.717) is 34.9 Å². The fourth-order valence-electron chi connectivity index (χ4n) is 1.84. The summed E-state index contributed by atoms with van der Waals surface area (Å²) < 4.78 is 24.3. The van der Waals surface area contributed by atoms with Crippen LogP contribution in [-0.2, 0) is 4.74 Å². The van der Waals surface area contributed by atoms with Gasteiger partial charge in [0.1, 0.15) is 11.9 Å². The fourth-order valence-corrected chi connectivity index (χ4v) is 2.22. The van der Waals surface area contributed by atoms with E-state index in [1.54, 1.807) is 12.1 Å². The Morgan fingerprint density at radius 2 is 2.32 bits per heavy atom. The SMILES string of the molecule is Fc1ccc(-c2noc(C3CNCCO3)n2)cc1Br. The van der Waals surface area contributed by atoms with Crippen LogP contribution in [0.25, 0.3) is 11.4 Å². The number of nitrogens with zero attached hydrogens (tertiary/aromatic N) is 2. The second-order valence-electron chi connectivity index (χ2n) is 4.15. The van der Waals surface area contributed by atoms with Gasteiger partial charge >= 0.3 is 0 Å². The van der Waals surface area contributed by atoms with Gasteiger partial charge in [-0.1, -0.05) is 5.16 Å². The Labute approximate surface area is 117 Å². The maximum absolute atomic E-state index is 13.2. The van der Waals surface area contributed by atoms with Crippen LogP contribution in [0.3, 0.4) is 0 Å². The Kier molecular flexibility index (Phi) is 3.58. The molecule has 100 valence electrons. The topological polar surface area (TPSA) is 60.2 Å². The van der Waals surface area contributed by atoms with Gasteiger partial charge in [-0.15, -0.1) is 0 Å². The van der Waals surface area contributed by atoms with Crippen LogP contribution >= 0.6 is 15.9 Å². The smallest absolute Gasteiger partial charge is 0.257 e. The van der Waals surface area contributed by atoms with Crippen molar-refractivity contribution in [2.75, 3.05) is 19.7 Å². The maximum Gasteiger partial charge on any atom is 0.257 e. The first kappa shape index (κ1) is 12.7. The summed E-state index contributed by atoms with van der Waals surface area (Å²) in [5, 5.41) is 7.08. The minimum Gasteiger partial charge on any atom is -0.366 e. The third-order valence-electron chi connectivity index (χ3n) is 2.82. The predicted octanol–water partition coefficient (Wildman–Crippen LogP) is 2.30. The largest absolute Gasteiger partial charge is 0.366 e. The highest BCUT2D eigenvalue weighted by Crippen LogP contribution is 2.25.